The first-order valence-corrected chi connectivity index (χ1v) is 11.9. The Bertz CT molecular complexity index is 1010. The maximum Gasteiger partial charge on any atom is 0.408 e. The molecule has 3 rings (SSSR count). The monoisotopic (exact) mass is 447 g/mol. The third kappa shape index (κ3) is 5.72. The average Bonchev–Trinajstić information content (AvgIpc) is 3.23. The number of amides is 1. The van der Waals surface area contributed by atoms with Crippen LogP contribution in [0.25, 0.3) is 4.96 Å². The summed E-state index contributed by atoms with van der Waals surface area (Å²) in [6.45, 7) is 11.8. The summed E-state index contributed by atoms with van der Waals surface area (Å²) < 4.78 is 8.11. The SMILES string of the molecule is CCC(C)C(NC(=O)OC(C)(C)C)c1nnc2sc(SCc3cccc(C)c3)nn12. The number of ether oxygens (including phenoxy) is 1. The van der Waals surface area contributed by atoms with Crippen LogP contribution in [0, 0.1) is 12.8 Å². The van der Waals surface area contributed by atoms with Gasteiger partial charge in [0.15, 0.2) is 10.2 Å². The van der Waals surface area contributed by atoms with E-state index in [-0.39, 0.29) is 12.0 Å². The normalized spacial score (nSPS) is 13.9. The second-order valence-corrected chi connectivity index (χ2v) is 10.6. The molecule has 2 atom stereocenters. The zero-order chi connectivity index (χ0) is 21.9. The molecule has 7 nitrogen and oxygen atoms in total. The molecule has 2 aromatic heterocycles. The van der Waals surface area contributed by atoms with E-state index < -0.39 is 11.7 Å². The van der Waals surface area contributed by atoms with Crippen molar-refractivity contribution in [2.24, 2.45) is 5.92 Å². The third-order valence-corrected chi connectivity index (χ3v) is 6.71. The highest BCUT2D eigenvalue weighted by atomic mass is 32.2. The van der Waals surface area contributed by atoms with Crippen molar-refractivity contribution >= 4 is 34.2 Å². The first-order chi connectivity index (χ1) is 14.2. The fraction of sp³-hybridized carbons (Fsp3) is 0.524. The molecule has 0 bridgehead atoms. The van der Waals surface area contributed by atoms with E-state index in [1.54, 1.807) is 16.3 Å². The summed E-state index contributed by atoms with van der Waals surface area (Å²) in [7, 11) is 0. The van der Waals surface area contributed by atoms with Crippen LogP contribution in [0.1, 0.15) is 64.0 Å². The van der Waals surface area contributed by atoms with Crippen molar-refractivity contribution in [1.29, 1.82) is 0 Å². The standard InChI is InChI=1S/C21H29N5O2S2/c1-7-14(3)16(22-19(27)28-21(4,5)6)17-23-24-18-26(17)25-20(30-18)29-12-15-10-8-9-13(2)11-15/h8-11,14,16H,7,12H2,1-6H3,(H,22,27). The number of carbonyl (C=O) groups excluding carboxylic acids is 1. The molecule has 0 fully saturated rings. The smallest absolute Gasteiger partial charge is 0.408 e. The van der Waals surface area contributed by atoms with Crippen LogP contribution < -0.4 is 5.32 Å². The highest BCUT2D eigenvalue weighted by Gasteiger charge is 2.29. The lowest BCUT2D eigenvalue weighted by molar-refractivity contribution is 0.0482. The van der Waals surface area contributed by atoms with Crippen LogP contribution in [0.2, 0.25) is 0 Å². The Hall–Kier alpha value is -2.13. The van der Waals surface area contributed by atoms with Crippen molar-refractivity contribution in [3.05, 3.63) is 41.2 Å². The Morgan fingerprint density at radius 2 is 2.10 bits per heavy atom. The van der Waals surface area contributed by atoms with Gasteiger partial charge in [0.1, 0.15) is 5.60 Å². The predicted molar refractivity (Wildman–Crippen MR) is 121 cm³/mol. The molecule has 9 heteroatoms. The molecule has 1 N–H and O–H groups in total. The Morgan fingerprint density at radius 3 is 2.77 bits per heavy atom. The van der Waals surface area contributed by atoms with Gasteiger partial charge >= 0.3 is 6.09 Å². The van der Waals surface area contributed by atoms with E-state index in [1.165, 1.54) is 22.5 Å². The molecular weight excluding hydrogens is 418 g/mol. The van der Waals surface area contributed by atoms with Crippen LogP contribution >= 0.6 is 23.1 Å². The number of benzene rings is 1. The summed E-state index contributed by atoms with van der Waals surface area (Å²) in [4.78, 5) is 13.1. The second kappa shape index (κ2) is 9.34. The molecule has 0 aliphatic rings. The molecule has 0 saturated carbocycles. The third-order valence-electron chi connectivity index (χ3n) is 4.60. The number of nitrogens with one attached hydrogen (secondary N) is 1. The molecule has 1 aromatic carbocycles. The molecular formula is C21H29N5O2S2. The van der Waals surface area contributed by atoms with Crippen molar-refractivity contribution in [3.63, 3.8) is 0 Å². The minimum Gasteiger partial charge on any atom is -0.444 e. The van der Waals surface area contributed by atoms with E-state index in [2.05, 4.69) is 60.6 Å². The molecule has 3 aromatic rings. The molecule has 30 heavy (non-hydrogen) atoms. The van der Waals surface area contributed by atoms with Crippen LogP contribution in [-0.4, -0.2) is 31.5 Å². The Balaban J connectivity index is 1.79. The first kappa shape index (κ1) is 22.6. The van der Waals surface area contributed by atoms with Gasteiger partial charge in [0.05, 0.1) is 6.04 Å². The van der Waals surface area contributed by atoms with Gasteiger partial charge in [-0.2, -0.15) is 4.52 Å². The largest absolute Gasteiger partial charge is 0.444 e. The van der Waals surface area contributed by atoms with Gasteiger partial charge in [0, 0.05) is 5.75 Å². The summed E-state index contributed by atoms with van der Waals surface area (Å²) in [6, 6.07) is 8.13. The average molecular weight is 448 g/mol. The van der Waals surface area contributed by atoms with Crippen molar-refractivity contribution in [1.82, 2.24) is 25.1 Å². The van der Waals surface area contributed by atoms with E-state index in [1.807, 2.05) is 20.8 Å². The van der Waals surface area contributed by atoms with Crippen LogP contribution in [0.4, 0.5) is 4.79 Å². The number of fused-ring (bicyclic) bond motifs is 1. The Kier molecular flexibility index (Phi) is 7.02. The molecule has 0 aliphatic carbocycles. The summed E-state index contributed by atoms with van der Waals surface area (Å²) >= 11 is 3.18. The molecule has 2 heterocycles. The molecule has 2 unspecified atom stereocenters. The van der Waals surface area contributed by atoms with Crippen molar-refractivity contribution in [2.45, 2.75) is 69.7 Å². The Labute approximate surface area is 185 Å². The highest BCUT2D eigenvalue weighted by Crippen LogP contribution is 2.30. The Morgan fingerprint density at radius 1 is 1.33 bits per heavy atom. The summed E-state index contributed by atoms with van der Waals surface area (Å²) in [5.74, 6) is 1.62. The van der Waals surface area contributed by atoms with Gasteiger partial charge in [-0.15, -0.1) is 15.3 Å². The quantitative estimate of drug-likeness (QED) is 0.489. The van der Waals surface area contributed by atoms with Gasteiger partial charge in [-0.05, 0) is 39.2 Å². The van der Waals surface area contributed by atoms with Crippen molar-refractivity contribution < 1.29 is 9.53 Å². The number of thioether (sulfide) groups is 1. The summed E-state index contributed by atoms with van der Waals surface area (Å²) in [6.07, 6.45) is 0.405. The molecule has 0 saturated heterocycles. The fourth-order valence-electron chi connectivity index (χ4n) is 2.95. The van der Waals surface area contributed by atoms with Crippen LogP contribution in [0.15, 0.2) is 28.6 Å². The minimum atomic E-state index is -0.565. The number of nitrogens with zero attached hydrogens (tertiary/aromatic N) is 4. The van der Waals surface area contributed by atoms with Crippen LogP contribution in [0.5, 0.6) is 0 Å². The van der Waals surface area contributed by atoms with E-state index in [9.17, 15) is 4.79 Å². The molecule has 162 valence electrons. The van der Waals surface area contributed by atoms with E-state index >= 15 is 0 Å². The van der Waals surface area contributed by atoms with Crippen molar-refractivity contribution in [2.75, 3.05) is 0 Å². The van der Waals surface area contributed by atoms with Gasteiger partial charge in [0.2, 0.25) is 4.96 Å². The summed E-state index contributed by atoms with van der Waals surface area (Å²) in [5, 5.41) is 16.3. The first-order valence-electron chi connectivity index (χ1n) is 10.1. The minimum absolute atomic E-state index is 0.148. The van der Waals surface area contributed by atoms with Crippen LogP contribution in [-0.2, 0) is 10.5 Å². The lowest BCUT2D eigenvalue weighted by Crippen LogP contribution is -2.38. The van der Waals surface area contributed by atoms with Crippen molar-refractivity contribution in [3.8, 4) is 0 Å². The lowest BCUT2D eigenvalue weighted by atomic mass is 9.99. The molecule has 1 amide bonds. The van der Waals surface area contributed by atoms with Gasteiger partial charge in [-0.3, -0.25) is 0 Å². The zero-order valence-corrected chi connectivity index (χ0v) is 19.9. The zero-order valence-electron chi connectivity index (χ0n) is 18.3. The number of aromatic nitrogens is 4. The van der Waals surface area contributed by atoms with Gasteiger partial charge < -0.3 is 10.1 Å². The molecule has 0 radical (unpaired) electrons. The van der Waals surface area contributed by atoms with Crippen LogP contribution in [0.3, 0.4) is 0 Å². The number of carbonyl (C=O) groups is 1. The fourth-order valence-corrected chi connectivity index (χ4v) is 4.77. The second-order valence-electron chi connectivity index (χ2n) is 8.41. The maximum absolute atomic E-state index is 12.4. The van der Waals surface area contributed by atoms with Gasteiger partial charge in [-0.1, -0.05) is 73.2 Å². The lowest BCUT2D eigenvalue weighted by Gasteiger charge is -2.25. The van der Waals surface area contributed by atoms with Gasteiger partial charge in [0.25, 0.3) is 0 Å². The number of rotatable bonds is 7. The number of hydrogen-bond donors (Lipinski definition) is 1. The predicted octanol–water partition coefficient (Wildman–Crippen LogP) is 5.40. The number of hydrogen-bond acceptors (Lipinski definition) is 7. The number of aryl methyl sites for hydroxylation is 1. The van der Waals surface area contributed by atoms with E-state index in [0.29, 0.717) is 5.82 Å². The van der Waals surface area contributed by atoms with E-state index in [0.717, 1.165) is 21.5 Å². The maximum atomic E-state index is 12.4. The number of alkyl carbamates (subject to hydrolysis) is 1. The van der Waals surface area contributed by atoms with Gasteiger partial charge in [-0.25, -0.2) is 4.79 Å². The summed E-state index contributed by atoms with van der Waals surface area (Å²) in [5.41, 5.74) is 1.94. The molecule has 0 aliphatic heterocycles. The van der Waals surface area contributed by atoms with E-state index in [4.69, 9.17) is 9.84 Å². The molecule has 0 spiro atoms. The highest BCUT2D eigenvalue weighted by molar-refractivity contribution is 8.00. The topological polar surface area (TPSA) is 81.4 Å².